The van der Waals surface area contributed by atoms with Crippen molar-refractivity contribution in [3.05, 3.63) is 132 Å². The van der Waals surface area contributed by atoms with E-state index in [1.165, 1.54) is 11.1 Å². The summed E-state index contributed by atoms with van der Waals surface area (Å²) in [6, 6.07) is 41.6. The van der Waals surface area contributed by atoms with Crippen molar-refractivity contribution < 1.29 is 4.79 Å². The number of likely N-dealkylation sites (N-methyl/N-ethyl adjacent to an activating group) is 1. The molecule has 4 aromatic carbocycles. The Morgan fingerprint density at radius 2 is 1.22 bits per heavy atom. The van der Waals surface area contributed by atoms with E-state index in [9.17, 15) is 4.79 Å². The van der Waals surface area contributed by atoms with Gasteiger partial charge in [-0.05, 0) is 67.9 Å². The van der Waals surface area contributed by atoms with Crippen molar-refractivity contribution in [3.8, 4) is 0 Å². The highest BCUT2D eigenvalue weighted by molar-refractivity contribution is 6.01. The second kappa shape index (κ2) is 12.0. The topological polar surface area (TPSA) is 35.6 Å². The van der Waals surface area contributed by atoms with Crippen molar-refractivity contribution in [1.82, 2.24) is 10.2 Å². The van der Waals surface area contributed by atoms with E-state index < -0.39 is 0 Å². The van der Waals surface area contributed by atoms with Crippen LogP contribution in [0.25, 0.3) is 0 Å². The molecule has 1 saturated heterocycles. The second-order valence-electron chi connectivity index (χ2n) is 9.86. The van der Waals surface area contributed by atoms with Gasteiger partial charge in [0.05, 0.1) is 6.54 Å². The first-order valence-electron chi connectivity index (χ1n) is 13.2. The Balaban J connectivity index is 1.50. The number of anilines is 2. The van der Waals surface area contributed by atoms with Crippen molar-refractivity contribution in [3.63, 3.8) is 0 Å². The van der Waals surface area contributed by atoms with Crippen molar-refractivity contribution in [2.24, 2.45) is 5.92 Å². The fourth-order valence-corrected chi connectivity index (χ4v) is 5.74. The highest BCUT2D eigenvalue weighted by Crippen LogP contribution is 2.37. The van der Waals surface area contributed by atoms with Gasteiger partial charge < -0.3 is 5.32 Å². The number of amides is 1. The lowest BCUT2D eigenvalue weighted by Gasteiger charge is -2.39. The summed E-state index contributed by atoms with van der Waals surface area (Å²) in [5.41, 5.74) is 4.34. The van der Waals surface area contributed by atoms with Crippen LogP contribution in [0.1, 0.15) is 23.5 Å². The number of nitrogens with one attached hydrogen (secondary N) is 1. The van der Waals surface area contributed by atoms with Gasteiger partial charge in [-0.2, -0.15) is 0 Å². The minimum absolute atomic E-state index is 0.0655. The van der Waals surface area contributed by atoms with Crippen molar-refractivity contribution >= 4 is 17.3 Å². The van der Waals surface area contributed by atoms with Crippen LogP contribution in [0, 0.1) is 5.92 Å². The number of para-hydroxylation sites is 2. The molecule has 1 amide bonds. The summed E-state index contributed by atoms with van der Waals surface area (Å²) in [5, 5.41) is 3.57. The maximum Gasteiger partial charge on any atom is 0.245 e. The maximum absolute atomic E-state index is 14.0. The number of nitrogens with zero attached hydrogens (tertiary/aromatic N) is 2. The Hall–Kier alpha value is -3.73. The van der Waals surface area contributed by atoms with Crippen LogP contribution in [0.15, 0.2) is 121 Å². The number of benzene rings is 4. The predicted octanol–water partition coefficient (Wildman–Crippen LogP) is 6.09. The SMILES string of the molecule is CN(CC(=O)N(c1ccccc1)c1ccccc1)C(C1CCNC1)C(c1ccccc1)c1ccccc1. The number of carbonyl (C=O) groups excluding carboxylic acids is 1. The van der Waals surface area contributed by atoms with Crippen LogP contribution in [-0.4, -0.2) is 43.5 Å². The molecule has 188 valence electrons. The molecule has 0 bridgehead atoms. The summed E-state index contributed by atoms with van der Waals surface area (Å²) in [5.74, 6) is 0.660. The molecule has 0 aromatic heterocycles. The molecule has 1 fully saturated rings. The standard InChI is InChI=1S/C33H35N3O/c1-35(25-31(37)36(29-18-10-4-11-19-29)30-20-12-5-13-21-30)33(28-22-23-34-24-28)32(26-14-6-2-7-15-26)27-16-8-3-9-17-27/h2-21,28,32-34H,22-25H2,1H3. The van der Waals surface area contributed by atoms with Crippen LogP contribution in [0.3, 0.4) is 0 Å². The van der Waals surface area contributed by atoms with E-state index in [1.54, 1.807) is 0 Å². The number of hydrogen-bond acceptors (Lipinski definition) is 3. The molecule has 37 heavy (non-hydrogen) atoms. The second-order valence-corrected chi connectivity index (χ2v) is 9.86. The van der Waals surface area contributed by atoms with E-state index in [4.69, 9.17) is 0 Å². The van der Waals surface area contributed by atoms with Crippen molar-refractivity contribution in [2.75, 3.05) is 31.6 Å². The lowest BCUT2D eigenvalue weighted by atomic mass is 9.78. The summed E-state index contributed by atoms with van der Waals surface area (Å²) in [6.07, 6.45) is 1.10. The third kappa shape index (κ3) is 5.82. The minimum atomic E-state index is 0.0655. The lowest BCUT2D eigenvalue weighted by Crippen LogP contribution is -2.48. The Labute approximate surface area is 220 Å². The molecular formula is C33H35N3O. The first kappa shape index (κ1) is 24.9. The first-order valence-corrected chi connectivity index (χ1v) is 13.2. The zero-order valence-electron chi connectivity index (χ0n) is 21.4. The molecule has 0 spiro atoms. The van der Waals surface area contributed by atoms with Gasteiger partial charge >= 0.3 is 0 Å². The third-order valence-corrected chi connectivity index (χ3v) is 7.41. The maximum atomic E-state index is 14.0. The van der Waals surface area contributed by atoms with Gasteiger partial charge in [0.2, 0.25) is 5.91 Å². The van der Waals surface area contributed by atoms with Crippen molar-refractivity contribution in [2.45, 2.75) is 18.4 Å². The smallest absolute Gasteiger partial charge is 0.245 e. The molecule has 5 rings (SSSR count). The molecule has 0 radical (unpaired) electrons. The fourth-order valence-electron chi connectivity index (χ4n) is 5.74. The largest absolute Gasteiger partial charge is 0.316 e. The van der Waals surface area contributed by atoms with Gasteiger partial charge in [0, 0.05) is 23.3 Å². The van der Waals surface area contributed by atoms with Gasteiger partial charge in [-0.1, -0.05) is 97.1 Å². The Morgan fingerprint density at radius 1 is 0.757 bits per heavy atom. The highest BCUT2D eigenvalue weighted by Gasteiger charge is 2.37. The summed E-state index contributed by atoms with van der Waals surface area (Å²) >= 11 is 0. The Bertz CT molecular complexity index is 1160. The summed E-state index contributed by atoms with van der Waals surface area (Å²) in [4.78, 5) is 18.2. The van der Waals surface area contributed by atoms with Gasteiger partial charge in [-0.25, -0.2) is 0 Å². The lowest BCUT2D eigenvalue weighted by molar-refractivity contribution is -0.119. The van der Waals surface area contributed by atoms with E-state index in [-0.39, 0.29) is 17.9 Å². The van der Waals surface area contributed by atoms with Crippen LogP contribution in [-0.2, 0) is 4.79 Å². The zero-order chi connectivity index (χ0) is 25.5. The molecule has 1 aliphatic rings. The molecule has 1 aliphatic heterocycles. The minimum Gasteiger partial charge on any atom is -0.316 e. The van der Waals surface area contributed by atoms with Crippen LogP contribution in [0.2, 0.25) is 0 Å². The molecule has 2 atom stereocenters. The van der Waals surface area contributed by atoms with Crippen LogP contribution in [0.4, 0.5) is 11.4 Å². The van der Waals surface area contributed by atoms with Gasteiger partial charge in [0.1, 0.15) is 0 Å². The first-order chi connectivity index (χ1) is 18.2. The quantitative estimate of drug-likeness (QED) is 0.309. The Morgan fingerprint density at radius 3 is 1.65 bits per heavy atom. The van der Waals surface area contributed by atoms with Gasteiger partial charge in [-0.15, -0.1) is 0 Å². The van der Waals surface area contributed by atoms with Crippen molar-refractivity contribution in [1.29, 1.82) is 0 Å². The molecule has 4 aromatic rings. The van der Waals surface area contributed by atoms with E-state index in [2.05, 4.69) is 77.9 Å². The molecule has 2 unspecified atom stereocenters. The van der Waals surface area contributed by atoms with Gasteiger partial charge in [-0.3, -0.25) is 14.6 Å². The molecule has 1 heterocycles. The normalized spacial score (nSPS) is 16.1. The van der Waals surface area contributed by atoms with Gasteiger partial charge in [0.15, 0.2) is 0 Å². The molecule has 4 nitrogen and oxygen atoms in total. The van der Waals surface area contributed by atoms with Crippen LogP contribution in [0.5, 0.6) is 0 Å². The monoisotopic (exact) mass is 489 g/mol. The predicted molar refractivity (Wildman–Crippen MR) is 152 cm³/mol. The summed E-state index contributed by atoms with van der Waals surface area (Å²) < 4.78 is 0. The average Bonchev–Trinajstić information content (AvgIpc) is 3.48. The van der Waals surface area contributed by atoms with Crippen LogP contribution < -0.4 is 10.2 Å². The molecular weight excluding hydrogens is 454 g/mol. The summed E-state index contributed by atoms with van der Waals surface area (Å²) in [7, 11) is 2.12. The van der Waals surface area contributed by atoms with E-state index in [0.29, 0.717) is 12.5 Å². The van der Waals surface area contributed by atoms with Gasteiger partial charge in [0.25, 0.3) is 0 Å². The summed E-state index contributed by atoms with van der Waals surface area (Å²) in [6.45, 7) is 2.29. The fraction of sp³-hybridized carbons (Fsp3) is 0.242. The molecule has 0 saturated carbocycles. The third-order valence-electron chi connectivity index (χ3n) is 7.41. The molecule has 0 aliphatic carbocycles. The number of carbonyl (C=O) groups is 1. The molecule has 1 N–H and O–H groups in total. The van der Waals surface area contributed by atoms with E-state index >= 15 is 0 Å². The number of rotatable bonds is 9. The van der Waals surface area contributed by atoms with E-state index in [1.807, 2.05) is 65.6 Å². The molecule has 4 heteroatoms. The van der Waals surface area contributed by atoms with E-state index in [0.717, 1.165) is 30.9 Å². The zero-order valence-corrected chi connectivity index (χ0v) is 21.4. The Kier molecular flexibility index (Phi) is 8.09. The average molecular weight is 490 g/mol. The number of hydrogen-bond donors (Lipinski definition) is 1. The highest BCUT2D eigenvalue weighted by atomic mass is 16.2. The van der Waals surface area contributed by atoms with Crippen LogP contribution >= 0.6 is 0 Å².